The summed E-state index contributed by atoms with van der Waals surface area (Å²) < 4.78 is 13.3. The first kappa shape index (κ1) is 19.1. The monoisotopic (exact) mass is 392 g/mol. The predicted octanol–water partition coefficient (Wildman–Crippen LogP) is 3.23. The molecule has 4 rings (SSSR count). The first-order valence-electron chi connectivity index (χ1n) is 9.68. The summed E-state index contributed by atoms with van der Waals surface area (Å²) in [5.74, 6) is 0.400. The van der Waals surface area contributed by atoms with Crippen molar-refractivity contribution in [2.45, 2.75) is 25.5 Å². The Bertz CT molecular complexity index is 973. The van der Waals surface area contributed by atoms with E-state index in [2.05, 4.69) is 15.4 Å². The summed E-state index contributed by atoms with van der Waals surface area (Å²) in [5, 5.41) is 7.57. The van der Waals surface area contributed by atoms with Gasteiger partial charge in [-0.05, 0) is 49.2 Å². The van der Waals surface area contributed by atoms with Gasteiger partial charge >= 0.3 is 0 Å². The molecule has 2 aromatic heterocycles. The molecule has 1 amide bonds. The highest BCUT2D eigenvalue weighted by atomic mass is 16.5. The van der Waals surface area contributed by atoms with Crippen molar-refractivity contribution in [3.05, 3.63) is 72.3 Å². The average molecular weight is 392 g/mol. The molecule has 150 valence electrons. The van der Waals surface area contributed by atoms with Crippen molar-refractivity contribution in [1.82, 2.24) is 20.1 Å². The first-order chi connectivity index (χ1) is 14.2. The maximum atomic E-state index is 13.0. The van der Waals surface area contributed by atoms with E-state index < -0.39 is 0 Å². The van der Waals surface area contributed by atoms with Crippen LogP contribution in [0.2, 0.25) is 0 Å². The molecule has 7 heteroatoms. The zero-order chi connectivity index (χ0) is 20.2. The third-order valence-electron chi connectivity index (χ3n) is 5.27. The molecule has 7 nitrogen and oxygen atoms in total. The van der Waals surface area contributed by atoms with Gasteiger partial charge in [-0.15, -0.1) is 0 Å². The van der Waals surface area contributed by atoms with E-state index in [0.29, 0.717) is 18.8 Å². The van der Waals surface area contributed by atoms with E-state index in [1.165, 1.54) is 0 Å². The Hall–Kier alpha value is -3.19. The number of carbonyl (C=O) groups excluding carboxylic acids is 1. The van der Waals surface area contributed by atoms with E-state index in [-0.39, 0.29) is 24.0 Å². The minimum Gasteiger partial charge on any atom is -0.494 e. The Kier molecular flexibility index (Phi) is 5.57. The molecule has 1 N–H and O–H groups in total. The molecule has 3 heterocycles. The molecule has 0 saturated carbocycles. The summed E-state index contributed by atoms with van der Waals surface area (Å²) in [6.07, 6.45) is 5.47. The highest BCUT2D eigenvalue weighted by molar-refractivity contribution is 5.80. The van der Waals surface area contributed by atoms with Crippen molar-refractivity contribution < 1.29 is 14.3 Å². The van der Waals surface area contributed by atoms with E-state index in [1.807, 2.05) is 49.4 Å². The number of ether oxygens (including phenoxy) is 2. The summed E-state index contributed by atoms with van der Waals surface area (Å²) in [5.41, 5.74) is 2.67. The van der Waals surface area contributed by atoms with Crippen molar-refractivity contribution in [1.29, 1.82) is 0 Å². The highest BCUT2D eigenvalue weighted by Gasteiger charge is 2.38. The normalized spacial score (nSPS) is 19.7. The number of methoxy groups -OCH3 is 1. The molecule has 1 aliphatic heterocycles. The van der Waals surface area contributed by atoms with Gasteiger partial charge in [-0.25, -0.2) is 4.68 Å². The number of hydrogen-bond donors (Lipinski definition) is 1. The topological polar surface area (TPSA) is 78.3 Å². The zero-order valence-electron chi connectivity index (χ0n) is 16.5. The lowest BCUT2D eigenvalue weighted by molar-refractivity contribution is -0.127. The number of rotatable bonds is 6. The molecule has 0 aliphatic carbocycles. The molecule has 3 aromatic rings. The van der Waals surface area contributed by atoms with Gasteiger partial charge in [0.15, 0.2) is 0 Å². The summed E-state index contributed by atoms with van der Waals surface area (Å²) in [6, 6.07) is 13.3. The van der Waals surface area contributed by atoms with Gasteiger partial charge in [0.1, 0.15) is 17.5 Å². The summed E-state index contributed by atoms with van der Waals surface area (Å²) in [4.78, 5) is 17.1. The van der Waals surface area contributed by atoms with Crippen LogP contribution in [0.3, 0.4) is 0 Å². The Morgan fingerprint density at radius 3 is 2.79 bits per heavy atom. The van der Waals surface area contributed by atoms with Crippen molar-refractivity contribution >= 4 is 5.91 Å². The van der Waals surface area contributed by atoms with Crippen molar-refractivity contribution in [2.24, 2.45) is 5.92 Å². The number of benzene rings is 1. The lowest BCUT2D eigenvalue weighted by Gasteiger charge is -2.22. The van der Waals surface area contributed by atoms with Gasteiger partial charge in [0.05, 0.1) is 24.8 Å². The smallest absolute Gasteiger partial charge is 0.226 e. The van der Waals surface area contributed by atoms with Crippen molar-refractivity contribution in [3.63, 3.8) is 0 Å². The van der Waals surface area contributed by atoms with E-state index in [9.17, 15) is 4.79 Å². The molecule has 1 aliphatic rings. The third kappa shape index (κ3) is 3.86. The number of carbonyl (C=O) groups is 1. The molecule has 0 spiro atoms. The SMILES string of the molecule is COc1ccccc1-n1nccc1[C@H]1OCC[C@@H]1C(=O)N[C@@H](C)c1ccncc1. The Labute approximate surface area is 169 Å². The molecule has 0 bridgehead atoms. The van der Waals surface area contributed by atoms with Gasteiger partial charge in [0, 0.05) is 25.2 Å². The largest absolute Gasteiger partial charge is 0.494 e. The number of nitrogens with one attached hydrogen (secondary N) is 1. The maximum absolute atomic E-state index is 13.0. The maximum Gasteiger partial charge on any atom is 0.226 e. The number of aromatic nitrogens is 3. The van der Waals surface area contributed by atoms with E-state index in [1.54, 1.807) is 30.4 Å². The van der Waals surface area contributed by atoms with Gasteiger partial charge < -0.3 is 14.8 Å². The van der Waals surface area contributed by atoms with Crippen LogP contribution < -0.4 is 10.1 Å². The van der Waals surface area contributed by atoms with Crippen LogP contribution in [-0.2, 0) is 9.53 Å². The van der Waals surface area contributed by atoms with Gasteiger partial charge in [0.2, 0.25) is 5.91 Å². The van der Waals surface area contributed by atoms with Crippen LogP contribution in [0.4, 0.5) is 0 Å². The lowest BCUT2D eigenvalue weighted by Crippen LogP contribution is -2.34. The number of para-hydroxylation sites is 2. The van der Waals surface area contributed by atoms with Crippen LogP contribution in [0, 0.1) is 5.92 Å². The second-order valence-corrected chi connectivity index (χ2v) is 7.04. The highest BCUT2D eigenvalue weighted by Crippen LogP contribution is 2.37. The molecule has 0 radical (unpaired) electrons. The molecule has 1 fully saturated rings. The lowest BCUT2D eigenvalue weighted by atomic mass is 9.97. The number of hydrogen-bond acceptors (Lipinski definition) is 5. The minimum absolute atomic E-state index is 0.0235. The predicted molar refractivity (Wildman–Crippen MR) is 108 cm³/mol. The molecule has 29 heavy (non-hydrogen) atoms. The number of pyridine rings is 1. The van der Waals surface area contributed by atoms with Gasteiger partial charge in [-0.1, -0.05) is 12.1 Å². The molecular weight excluding hydrogens is 368 g/mol. The van der Waals surface area contributed by atoms with E-state index in [4.69, 9.17) is 9.47 Å². The van der Waals surface area contributed by atoms with E-state index >= 15 is 0 Å². The Morgan fingerprint density at radius 2 is 2.00 bits per heavy atom. The summed E-state index contributed by atoms with van der Waals surface area (Å²) >= 11 is 0. The van der Waals surface area contributed by atoms with Crippen LogP contribution in [0.1, 0.15) is 36.7 Å². The van der Waals surface area contributed by atoms with Crippen LogP contribution in [0.5, 0.6) is 5.75 Å². The fourth-order valence-electron chi connectivity index (χ4n) is 3.74. The summed E-state index contributed by atoms with van der Waals surface area (Å²) in [7, 11) is 1.63. The minimum atomic E-state index is -0.368. The molecule has 1 saturated heterocycles. The van der Waals surface area contributed by atoms with Crippen LogP contribution in [-0.4, -0.2) is 34.4 Å². The molecule has 1 aromatic carbocycles. The standard InChI is InChI=1S/C22H24N4O3/c1-15(16-7-11-23-12-8-16)25-22(27)17-10-14-29-21(17)19-9-13-24-26(19)18-5-3-4-6-20(18)28-2/h3-9,11-13,15,17,21H,10,14H2,1-2H3,(H,25,27)/t15-,17-,21-/m0/s1. The average Bonchev–Trinajstić information content (AvgIpc) is 3.43. The van der Waals surface area contributed by atoms with Crippen LogP contribution in [0.25, 0.3) is 5.69 Å². The first-order valence-corrected chi connectivity index (χ1v) is 9.68. The number of amides is 1. The second kappa shape index (κ2) is 8.45. The van der Waals surface area contributed by atoms with Gasteiger partial charge in [0.25, 0.3) is 0 Å². The quantitative estimate of drug-likeness (QED) is 0.697. The fraction of sp³-hybridized carbons (Fsp3) is 0.318. The van der Waals surface area contributed by atoms with Crippen molar-refractivity contribution in [3.8, 4) is 11.4 Å². The van der Waals surface area contributed by atoms with Crippen LogP contribution in [0.15, 0.2) is 61.1 Å². The molecule has 0 unspecified atom stereocenters. The Balaban J connectivity index is 1.57. The second-order valence-electron chi connectivity index (χ2n) is 7.04. The van der Waals surface area contributed by atoms with Gasteiger partial charge in [-0.2, -0.15) is 5.10 Å². The van der Waals surface area contributed by atoms with Gasteiger partial charge in [-0.3, -0.25) is 9.78 Å². The molecule has 3 atom stereocenters. The van der Waals surface area contributed by atoms with Crippen molar-refractivity contribution in [2.75, 3.05) is 13.7 Å². The molecular formula is C22H24N4O3. The third-order valence-corrected chi connectivity index (χ3v) is 5.27. The number of nitrogens with zero attached hydrogens (tertiary/aromatic N) is 3. The summed E-state index contributed by atoms with van der Waals surface area (Å²) in [6.45, 7) is 2.50. The Morgan fingerprint density at radius 1 is 1.21 bits per heavy atom. The van der Waals surface area contributed by atoms with E-state index in [0.717, 1.165) is 16.9 Å². The zero-order valence-corrected chi connectivity index (χ0v) is 16.5. The van der Waals surface area contributed by atoms with Crippen LogP contribution >= 0.6 is 0 Å². The fourth-order valence-corrected chi connectivity index (χ4v) is 3.74.